The molecule has 6 rings (SSSR count). The number of hydrogen-bond acceptors (Lipinski definition) is 6. The molecule has 2 atom stereocenters. The molecule has 0 saturated carbocycles. The summed E-state index contributed by atoms with van der Waals surface area (Å²) < 4.78 is 5.83. The first-order valence-corrected chi connectivity index (χ1v) is 10.7. The highest BCUT2D eigenvalue weighted by atomic mass is 16.4. The Balaban J connectivity index is 1.43. The van der Waals surface area contributed by atoms with E-state index >= 15 is 0 Å². The van der Waals surface area contributed by atoms with Crippen LogP contribution in [0.25, 0.3) is 22.4 Å². The maximum Gasteiger partial charge on any atom is 0.292 e. The zero-order chi connectivity index (χ0) is 22.4. The Morgan fingerprint density at radius 2 is 1.88 bits per heavy atom. The molecule has 33 heavy (non-hydrogen) atoms. The van der Waals surface area contributed by atoms with Crippen molar-refractivity contribution < 1.29 is 9.21 Å². The molecule has 0 aliphatic carbocycles. The van der Waals surface area contributed by atoms with Gasteiger partial charge in [-0.15, -0.1) is 0 Å². The number of benzene rings is 1. The molecular weight excluding hydrogens is 416 g/mol. The third-order valence-corrected chi connectivity index (χ3v) is 6.02. The highest BCUT2D eigenvalue weighted by Crippen LogP contribution is 2.39. The van der Waals surface area contributed by atoms with E-state index in [-0.39, 0.29) is 17.6 Å². The summed E-state index contributed by atoms with van der Waals surface area (Å²) in [7, 11) is 0. The zero-order valence-corrected chi connectivity index (χ0v) is 17.8. The highest BCUT2D eigenvalue weighted by molar-refractivity contribution is 5.92. The van der Waals surface area contributed by atoms with Gasteiger partial charge in [-0.1, -0.05) is 37.3 Å². The van der Waals surface area contributed by atoms with Gasteiger partial charge >= 0.3 is 0 Å². The maximum absolute atomic E-state index is 13.7. The van der Waals surface area contributed by atoms with Crippen molar-refractivity contribution in [3.63, 3.8) is 0 Å². The number of amides is 1. The number of oxazole rings is 1. The fourth-order valence-electron chi connectivity index (χ4n) is 4.45. The molecule has 1 aliphatic rings. The van der Waals surface area contributed by atoms with E-state index in [0.29, 0.717) is 18.1 Å². The van der Waals surface area contributed by atoms with Gasteiger partial charge in [0.15, 0.2) is 0 Å². The zero-order valence-electron chi connectivity index (χ0n) is 17.8. The monoisotopic (exact) mass is 436 g/mol. The van der Waals surface area contributed by atoms with Crippen LogP contribution in [0.5, 0.6) is 0 Å². The third-order valence-electron chi connectivity index (χ3n) is 6.02. The predicted molar refractivity (Wildman–Crippen MR) is 121 cm³/mol. The molecule has 162 valence electrons. The Bertz CT molecular complexity index is 1460. The van der Waals surface area contributed by atoms with Crippen molar-refractivity contribution in [2.75, 3.05) is 6.54 Å². The molecule has 0 fully saturated rings. The number of H-pyrrole nitrogens is 1. The minimum Gasteiger partial charge on any atom is -0.429 e. The van der Waals surface area contributed by atoms with Crippen molar-refractivity contribution in [3.05, 3.63) is 96.3 Å². The van der Waals surface area contributed by atoms with Crippen LogP contribution in [-0.4, -0.2) is 42.3 Å². The topological polar surface area (TPSA) is 101 Å². The number of carbonyl (C=O) groups excluding carboxylic acids is 1. The second kappa shape index (κ2) is 7.67. The van der Waals surface area contributed by atoms with Crippen LogP contribution in [0.2, 0.25) is 0 Å². The number of fused-ring (bicyclic) bond motifs is 2. The van der Waals surface area contributed by atoms with Crippen LogP contribution in [0, 0.1) is 0 Å². The van der Waals surface area contributed by atoms with Gasteiger partial charge in [-0.05, 0) is 23.6 Å². The van der Waals surface area contributed by atoms with Crippen LogP contribution in [0.3, 0.4) is 0 Å². The predicted octanol–water partition coefficient (Wildman–Crippen LogP) is 4.36. The Hall–Kier alpha value is -4.33. The lowest BCUT2D eigenvalue weighted by atomic mass is 9.92. The molecule has 5 aromatic rings. The van der Waals surface area contributed by atoms with E-state index in [1.54, 1.807) is 23.5 Å². The van der Waals surface area contributed by atoms with Gasteiger partial charge in [0.1, 0.15) is 11.7 Å². The van der Waals surface area contributed by atoms with Crippen molar-refractivity contribution in [3.8, 4) is 11.6 Å². The fourth-order valence-corrected chi connectivity index (χ4v) is 4.45. The second-order valence-corrected chi connectivity index (χ2v) is 8.16. The molecule has 0 spiro atoms. The Labute approximate surface area is 189 Å². The smallest absolute Gasteiger partial charge is 0.292 e. The Morgan fingerprint density at radius 3 is 2.73 bits per heavy atom. The molecule has 0 unspecified atom stereocenters. The Kier molecular flexibility index (Phi) is 4.50. The van der Waals surface area contributed by atoms with Crippen LogP contribution in [0.1, 0.15) is 46.5 Å². The number of hydrogen-bond donors (Lipinski definition) is 1. The summed E-state index contributed by atoms with van der Waals surface area (Å²) in [6, 6.07) is 15.1. The van der Waals surface area contributed by atoms with Gasteiger partial charge in [0, 0.05) is 30.2 Å². The summed E-state index contributed by atoms with van der Waals surface area (Å²) in [5.74, 6) is 0.282. The third kappa shape index (κ3) is 3.27. The van der Waals surface area contributed by atoms with Crippen LogP contribution < -0.4 is 0 Å². The van der Waals surface area contributed by atoms with Crippen molar-refractivity contribution in [2.24, 2.45) is 0 Å². The van der Waals surface area contributed by atoms with E-state index < -0.39 is 6.04 Å². The van der Waals surface area contributed by atoms with Crippen LogP contribution in [-0.2, 0) is 0 Å². The summed E-state index contributed by atoms with van der Waals surface area (Å²) in [6.45, 7) is 2.54. The summed E-state index contributed by atoms with van der Waals surface area (Å²) in [5, 5.41) is 2.11. The Morgan fingerprint density at radius 1 is 1.03 bits per heavy atom. The largest absolute Gasteiger partial charge is 0.429 e. The number of rotatable bonds is 3. The van der Waals surface area contributed by atoms with Gasteiger partial charge in [-0.3, -0.25) is 14.8 Å². The molecular formula is C25H20N6O2. The highest BCUT2D eigenvalue weighted by Gasteiger charge is 2.39. The second-order valence-electron chi connectivity index (χ2n) is 8.16. The summed E-state index contributed by atoms with van der Waals surface area (Å²) in [4.78, 5) is 36.5. The quantitative estimate of drug-likeness (QED) is 0.451. The molecule has 5 heterocycles. The van der Waals surface area contributed by atoms with Crippen LogP contribution in [0.4, 0.5) is 0 Å². The summed E-state index contributed by atoms with van der Waals surface area (Å²) >= 11 is 0. The molecule has 8 heteroatoms. The van der Waals surface area contributed by atoms with Crippen molar-refractivity contribution >= 4 is 16.7 Å². The average molecular weight is 436 g/mol. The number of aromatic nitrogens is 5. The van der Waals surface area contributed by atoms with Gasteiger partial charge in [0.05, 0.1) is 29.6 Å². The van der Waals surface area contributed by atoms with E-state index in [9.17, 15) is 4.79 Å². The van der Waals surface area contributed by atoms with Gasteiger partial charge in [0.25, 0.3) is 5.91 Å². The van der Waals surface area contributed by atoms with E-state index in [0.717, 1.165) is 27.9 Å². The first-order chi connectivity index (χ1) is 16.2. The number of nitrogens with zero attached hydrogens (tertiary/aromatic N) is 5. The van der Waals surface area contributed by atoms with Crippen LogP contribution in [0.15, 0.2) is 77.9 Å². The van der Waals surface area contributed by atoms with Gasteiger partial charge in [-0.2, -0.15) is 0 Å². The standard InChI is InChI=1S/C25H20N6O2/c1-15-13-31(25(32)20-12-28-24(33-20)18-8-4-5-9-26-18)23(22-21(15)29-14-30-22)19-10-16-6-2-3-7-17(16)11-27-19/h2-12,14-15,23H,13H2,1H3,(H,29,30)/t15-,23-/m0/s1. The number of nitrogens with one attached hydrogen (secondary N) is 1. The van der Waals surface area contributed by atoms with Crippen molar-refractivity contribution in [1.82, 2.24) is 29.8 Å². The molecule has 0 bridgehead atoms. The lowest BCUT2D eigenvalue weighted by Crippen LogP contribution is -2.42. The van der Waals surface area contributed by atoms with Crippen molar-refractivity contribution in [2.45, 2.75) is 18.9 Å². The van der Waals surface area contributed by atoms with E-state index in [4.69, 9.17) is 9.40 Å². The van der Waals surface area contributed by atoms with Crippen molar-refractivity contribution in [1.29, 1.82) is 0 Å². The van der Waals surface area contributed by atoms with E-state index in [1.807, 2.05) is 48.7 Å². The number of pyridine rings is 2. The van der Waals surface area contributed by atoms with Gasteiger partial charge < -0.3 is 14.3 Å². The SMILES string of the molecule is C[C@H]1CN(C(=O)c2cnc(-c3ccccn3)o2)[C@@H](c2cc3ccccc3cn2)c2[nH]cnc21. The minimum absolute atomic E-state index is 0.0603. The average Bonchev–Trinajstić information content (AvgIpc) is 3.55. The number of aromatic amines is 1. The summed E-state index contributed by atoms with van der Waals surface area (Å²) in [6.07, 6.45) is 6.64. The molecule has 8 nitrogen and oxygen atoms in total. The van der Waals surface area contributed by atoms with Gasteiger partial charge in [0.2, 0.25) is 11.7 Å². The van der Waals surface area contributed by atoms with E-state index in [2.05, 4.69) is 26.9 Å². The lowest BCUT2D eigenvalue weighted by Gasteiger charge is -2.37. The molecule has 0 saturated heterocycles. The molecule has 1 amide bonds. The fraction of sp³-hybridized carbons (Fsp3) is 0.160. The molecule has 0 radical (unpaired) electrons. The lowest BCUT2D eigenvalue weighted by molar-refractivity contribution is 0.0638. The molecule has 1 aliphatic heterocycles. The van der Waals surface area contributed by atoms with Gasteiger partial charge in [-0.25, -0.2) is 9.97 Å². The summed E-state index contributed by atoms with van der Waals surface area (Å²) in [5.41, 5.74) is 3.16. The normalized spacial score (nSPS) is 17.8. The number of imidazole rings is 1. The maximum atomic E-state index is 13.7. The first kappa shape index (κ1) is 19.4. The minimum atomic E-state index is -0.417. The molecule has 1 N–H and O–H groups in total. The first-order valence-electron chi connectivity index (χ1n) is 10.7. The van der Waals surface area contributed by atoms with Crippen LogP contribution >= 0.6 is 0 Å². The number of carbonyl (C=O) groups is 1. The van der Waals surface area contributed by atoms with E-state index in [1.165, 1.54) is 6.20 Å². The molecule has 4 aromatic heterocycles. The molecule has 1 aromatic carbocycles.